The molecule has 0 aromatic carbocycles. The maximum atomic E-state index is 11.3. The van der Waals surface area contributed by atoms with Crippen molar-refractivity contribution in [3.05, 3.63) is 0 Å². The molecule has 0 atom stereocenters. The van der Waals surface area contributed by atoms with Gasteiger partial charge >= 0.3 is 6.09 Å². The van der Waals surface area contributed by atoms with Crippen LogP contribution in [0.3, 0.4) is 0 Å². The molecule has 15 heavy (non-hydrogen) atoms. The summed E-state index contributed by atoms with van der Waals surface area (Å²) in [6.07, 6.45) is -0.407. The topological polar surface area (TPSA) is 47.6 Å². The lowest BCUT2D eigenvalue weighted by molar-refractivity contribution is -0.0126. The van der Waals surface area contributed by atoms with E-state index in [2.05, 4.69) is 5.32 Å². The number of carbonyl (C=O) groups is 1. The van der Waals surface area contributed by atoms with E-state index < -0.39 is 11.7 Å². The smallest absolute Gasteiger partial charge is 0.407 e. The fourth-order valence-corrected chi connectivity index (χ4v) is 1.04. The van der Waals surface area contributed by atoms with Gasteiger partial charge < -0.3 is 14.8 Å². The zero-order chi connectivity index (χ0) is 12.1. The van der Waals surface area contributed by atoms with Crippen LogP contribution in [0.1, 0.15) is 41.5 Å². The van der Waals surface area contributed by atoms with Gasteiger partial charge in [0.1, 0.15) is 5.60 Å². The Morgan fingerprint density at radius 1 is 1.20 bits per heavy atom. The molecule has 0 saturated carbocycles. The van der Waals surface area contributed by atoms with Gasteiger partial charge in [0.25, 0.3) is 0 Å². The molecule has 0 aliphatic carbocycles. The Morgan fingerprint density at radius 3 is 2.13 bits per heavy atom. The third-order valence-corrected chi connectivity index (χ3v) is 1.59. The quantitative estimate of drug-likeness (QED) is 0.786. The van der Waals surface area contributed by atoms with Crippen LogP contribution < -0.4 is 5.32 Å². The van der Waals surface area contributed by atoms with Gasteiger partial charge in [-0.1, -0.05) is 0 Å². The van der Waals surface area contributed by atoms with E-state index in [4.69, 9.17) is 9.47 Å². The summed E-state index contributed by atoms with van der Waals surface area (Å²) in [7, 11) is 0. The minimum absolute atomic E-state index is 0.356. The number of amides is 1. The summed E-state index contributed by atoms with van der Waals surface area (Å²) in [5.41, 5.74) is -0.814. The summed E-state index contributed by atoms with van der Waals surface area (Å²) in [4.78, 5) is 11.3. The molecule has 0 aliphatic rings. The van der Waals surface area contributed by atoms with E-state index in [-0.39, 0.29) is 5.60 Å². The molecule has 0 spiro atoms. The molecule has 1 N–H and O–H groups in total. The van der Waals surface area contributed by atoms with E-state index >= 15 is 0 Å². The Bertz CT molecular complexity index is 206. The Balaban J connectivity index is 3.90. The number of alkyl carbamates (subject to hydrolysis) is 1. The van der Waals surface area contributed by atoms with Gasteiger partial charge in [0.2, 0.25) is 0 Å². The minimum atomic E-state index is -0.458. The molecule has 0 aromatic heterocycles. The molecule has 0 unspecified atom stereocenters. The maximum Gasteiger partial charge on any atom is 0.407 e. The summed E-state index contributed by atoms with van der Waals surface area (Å²) < 4.78 is 10.5. The highest BCUT2D eigenvalue weighted by atomic mass is 16.6. The highest BCUT2D eigenvalue weighted by molar-refractivity contribution is 5.67. The summed E-state index contributed by atoms with van der Waals surface area (Å²) >= 11 is 0. The fourth-order valence-electron chi connectivity index (χ4n) is 1.04. The zero-order valence-corrected chi connectivity index (χ0v) is 10.6. The second-order valence-corrected chi connectivity index (χ2v) is 5.05. The maximum absolute atomic E-state index is 11.3. The van der Waals surface area contributed by atoms with Crippen LogP contribution in [0.5, 0.6) is 0 Å². The second-order valence-electron chi connectivity index (χ2n) is 5.05. The van der Waals surface area contributed by atoms with Gasteiger partial charge in [-0.15, -0.1) is 0 Å². The number of nitrogens with one attached hydrogen (secondary N) is 1. The average Bonchev–Trinajstić information content (AvgIpc) is 1.98. The monoisotopic (exact) mass is 217 g/mol. The molecule has 4 heteroatoms. The van der Waals surface area contributed by atoms with E-state index in [0.717, 1.165) is 0 Å². The number of rotatable bonds is 4. The summed E-state index contributed by atoms with van der Waals surface area (Å²) in [6.45, 7) is 12.3. The third kappa shape index (κ3) is 8.24. The van der Waals surface area contributed by atoms with Gasteiger partial charge in [0, 0.05) is 13.2 Å². The van der Waals surface area contributed by atoms with Crippen LogP contribution in [0.25, 0.3) is 0 Å². The highest BCUT2D eigenvalue weighted by Gasteiger charge is 2.21. The lowest BCUT2D eigenvalue weighted by Crippen LogP contribution is -2.42. The van der Waals surface area contributed by atoms with Crippen LogP contribution in [0.15, 0.2) is 0 Å². The van der Waals surface area contributed by atoms with Gasteiger partial charge in [0.15, 0.2) is 0 Å². The Hall–Kier alpha value is -0.770. The van der Waals surface area contributed by atoms with Crippen molar-refractivity contribution >= 4 is 6.09 Å². The summed E-state index contributed by atoms with van der Waals surface area (Å²) in [5, 5.41) is 2.68. The number of hydrogen-bond donors (Lipinski definition) is 1. The second kappa shape index (κ2) is 5.35. The molecule has 0 radical (unpaired) electrons. The highest BCUT2D eigenvalue weighted by Crippen LogP contribution is 2.09. The largest absolute Gasteiger partial charge is 0.444 e. The molecule has 4 nitrogen and oxygen atoms in total. The van der Waals surface area contributed by atoms with Crippen molar-refractivity contribution in [1.82, 2.24) is 5.32 Å². The van der Waals surface area contributed by atoms with Gasteiger partial charge in [-0.05, 0) is 41.5 Å². The molecule has 0 bridgehead atoms. The molecular formula is C11H23NO3. The lowest BCUT2D eigenvalue weighted by atomic mass is 10.1. The van der Waals surface area contributed by atoms with Crippen LogP contribution in [-0.4, -0.2) is 30.4 Å². The van der Waals surface area contributed by atoms with E-state index in [1.807, 2.05) is 41.5 Å². The number of hydrogen-bond acceptors (Lipinski definition) is 3. The summed E-state index contributed by atoms with van der Waals surface area (Å²) in [6, 6.07) is 0. The van der Waals surface area contributed by atoms with E-state index in [9.17, 15) is 4.79 Å². The van der Waals surface area contributed by atoms with Crippen molar-refractivity contribution in [2.24, 2.45) is 0 Å². The van der Waals surface area contributed by atoms with Crippen molar-refractivity contribution in [3.8, 4) is 0 Å². The SMILES string of the molecule is CCOC(C)(C)CNC(=O)OC(C)(C)C. The normalized spacial score (nSPS) is 12.4. The molecule has 1 amide bonds. The predicted molar refractivity (Wildman–Crippen MR) is 59.9 cm³/mol. The first kappa shape index (κ1) is 14.2. The molecule has 0 saturated heterocycles. The van der Waals surface area contributed by atoms with Crippen LogP contribution in [-0.2, 0) is 9.47 Å². The predicted octanol–water partition coefficient (Wildman–Crippen LogP) is 2.33. The molecule has 0 rings (SSSR count). The van der Waals surface area contributed by atoms with Gasteiger partial charge in [-0.3, -0.25) is 0 Å². The Kier molecular flexibility index (Phi) is 5.08. The number of ether oxygens (including phenoxy) is 2. The standard InChI is InChI=1S/C11H23NO3/c1-7-14-11(5,6)8-12-9(13)15-10(2,3)4/h7-8H2,1-6H3,(H,12,13). The van der Waals surface area contributed by atoms with Crippen LogP contribution in [0.2, 0.25) is 0 Å². The Labute approximate surface area is 92.3 Å². The van der Waals surface area contributed by atoms with Crippen LogP contribution >= 0.6 is 0 Å². The first-order valence-electron chi connectivity index (χ1n) is 5.27. The van der Waals surface area contributed by atoms with E-state index in [1.165, 1.54) is 0 Å². The molecule has 90 valence electrons. The Morgan fingerprint density at radius 2 is 1.73 bits per heavy atom. The minimum Gasteiger partial charge on any atom is -0.444 e. The molecule has 0 fully saturated rings. The first-order chi connectivity index (χ1) is 6.66. The molecule has 0 aromatic rings. The summed E-state index contributed by atoms with van der Waals surface area (Å²) in [5.74, 6) is 0. The van der Waals surface area contributed by atoms with Crippen molar-refractivity contribution in [1.29, 1.82) is 0 Å². The average molecular weight is 217 g/mol. The van der Waals surface area contributed by atoms with Crippen LogP contribution in [0, 0.1) is 0 Å². The van der Waals surface area contributed by atoms with Crippen molar-refractivity contribution in [2.45, 2.75) is 52.7 Å². The van der Waals surface area contributed by atoms with Gasteiger partial charge in [-0.25, -0.2) is 4.79 Å². The number of carbonyl (C=O) groups excluding carboxylic acids is 1. The van der Waals surface area contributed by atoms with Gasteiger partial charge in [0.05, 0.1) is 5.60 Å². The molecular weight excluding hydrogens is 194 g/mol. The van der Waals surface area contributed by atoms with Crippen molar-refractivity contribution in [3.63, 3.8) is 0 Å². The molecule has 0 heterocycles. The molecule has 0 aliphatic heterocycles. The fraction of sp³-hybridized carbons (Fsp3) is 0.909. The van der Waals surface area contributed by atoms with Crippen molar-refractivity contribution in [2.75, 3.05) is 13.2 Å². The lowest BCUT2D eigenvalue weighted by Gasteiger charge is -2.26. The third-order valence-electron chi connectivity index (χ3n) is 1.59. The van der Waals surface area contributed by atoms with Crippen molar-refractivity contribution < 1.29 is 14.3 Å². The first-order valence-corrected chi connectivity index (χ1v) is 5.27. The van der Waals surface area contributed by atoms with Crippen LogP contribution in [0.4, 0.5) is 4.79 Å². The van der Waals surface area contributed by atoms with E-state index in [1.54, 1.807) is 0 Å². The van der Waals surface area contributed by atoms with Gasteiger partial charge in [-0.2, -0.15) is 0 Å². The zero-order valence-electron chi connectivity index (χ0n) is 10.6. The van der Waals surface area contributed by atoms with E-state index in [0.29, 0.717) is 13.2 Å².